The standard InChI is InChI=1S/C28H31F2N3O3/c1-26(2,3)24-15-17-14-19(5-6-21(17)33(24)20-8-12-31-13-9-20)32-25(34)27(10-11-27)18-4-7-22-23(16-18)36-28(29,30)35-22/h4-7,14-16,20,31H,8-13H2,1-3H3,(H,32,34). The van der Waals surface area contributed by atoms with Gasteiger partial charge in [0.25, 0.3) is 0 Å². The largest absolute Gasteiger partial charge is 0.586 e. The van der Waals surface area contributed by atoms with Crippen LogP contribution in [0.1, 0.15) is 63.8 Å². The zero-order valence-corrected chi connectivity index (χ0v) is 20.8. The molecule has 1 saturated heterocycles. The summed E-state index contributed by atoms with van der Waals surface area (Å²) in [4.78, 5) is 13.4. The fourth-order valence-electron chi connectivity index (χ4n) is 5.62. The van der Waals surface area contributed by atoms with Crippen LogP contribution in [0.3, 0.4) is 0 Å². The van der Waals surface area contributed by atoms with Gasteiger partial charge in [-0.25, -0.2) is 0 Å². The Kier molecular flexibility index (Phi) is 5.13. The second-order valence-corrected chi connectivity index (χ2v) is 11.3. The Morgan fingerprint density at radius 1 is 1.03 bits per heavy atom. The minimum Gasteiger partial charge on any atom is -0.395 e. The van der Waals surface area contributed by atoms with E-state index in [-0.39, 0.29) is 22.8 Å². The molecular weight excluding hydrogens is 464 g/mol. The molecule has 0 radical (unpaired) electrons. The van der Waals surface area contributed by atoms with E-state index in [1.165, 1.54) is 23.3 Å². The number of rotatable bonds is 4. The van der Waals surface area contributed by atoms with Crippen molar-refractivity contribution in [3.8, 4) is 11.5 Å². The highest BCUT2D eigenvalue weighted by Crippen LogP contribution is 2.52. The molecule has 2 aromatic carbocycles. The van der Waals surface area contributed by atoms with Crippen LogP contribution >= 0.6 is 0 Å². The summed E-state index contributed by atoms with van der Waals surface area (Å²) in [5.74, 6) is -0.188. The maximum absolute atomic E-state index is 13.4. The van der Waals surface area contributed by atoms with Crippen molar-refractivity contribution in [2.24, 2.45) is 0 Å². The van der Waals surface area contributed by atoms with Gasteiger partial charge in [0.1, 0.15) is 0 Å². The second-order valence-electron chi connectivity index (χ2n) is 11.3. The number of benzene rings is 2. The summed E-state index contributed by atoms with van der Waals surface area (Å²) in [6.07, 6.45) is -0.189. The zero-order chi connectivity index (χ0) is 25.3. The molecule has 0 unspecified atom stereocenters. The van der Waals surface area contributed by atoms with Gasteiger partial charge in [0.15, 0.2) is 11.5 Å². The lowest BCUT2D eigenvalue weighted by molar-refractivity contribution is -0.286. The Balaban J connectivity index is 1.28. The average Bonchev–Trinajstić information content (AvgIpc) is 3.45. The van der Waals surface area contributed by atoms with Crippen LogP contribution < -0.4 is 20.1 Å². The van der Waals surface area contributed by atoms with Gasteiger partial charge in [0.2, 0.25) is 5.91 Å². The zero-order valence-electron chi connectivity index (χ0n) is 20.8. The highest BCUT2D eigenvalue weighted by molar-refractivity contribution is 6.02. The van der Waals surface area contributed by atoms with Crippen LogP contribution in [0.15, 0.2) is 42.5 Å². The van der Waals surface area contributed by atoms with Gasteiger partial charge in [0.05, 0.1) is 5.41 Å². The summed E-state index contributed by atoms with van der Waals surface area (Å²) in [6.45, 7) is 8.74. The summed E-state index contributed by atoms with van der Waals surface area (Å²) in [5, 5.41) is 7.64. The van der Waals surface area contributed by atoms with E-state index in [0.29, 0.717) is 24.4 Å². The third kappa shape index (κ3) is 3.92. The van der Waals surface area contributed by atoms with E-state index in [1.807, 2.05) is 12.1 Å². The predicted molar refractivity (Wildman–Crippen MR) is 134 cm³/mol. The van der Waals surface area contributed by atoms with Gasteiger partial charge >= 0.3 is 6.29 Å². The Morgan fingerprint density at radius 2 is 1.75 bits per heavy atom. The van der Waals surface area contributed by atoms with Crippen molar-refractivity contribution in [3.05, 3.63) is 53.7 Å². The van der Waals surface area contributed by atoms with E-state index in [9.17, 15) is 13.6 Å². The van der Waals surface area contributed by atoms with E-state index >= 15 is 0 Å². The van der Waals surface area contributed by atoms with Crippen molar-refractivity contribution in [2.45, 2.75) is 69.6 Å². The van der Waals surface area contributed by atoms with Crippen LogP contribution in [0, 0.1) is 0 Å². The van der Waals surface area contributed by atoms with Crippen molar-refractivity contribution in [1.82, 2.24) is 9.88 Å². The van der Waals surface area contributed by atoms with Crippen LogP contribution in [0.25, 0.3) is 10.9 Å². The molecule has 1 aromatic heterocycles. The molecule has 2 fully saturated rings. The number of ether oxygens (including phenoxy) is 2. The Bertz CT molecular complexity index is 1350. The molecule has 1 saturated carbocycles. The lowest BCUT2D eigenvalue weighted by Crippen LogP contribution is -2.31. The number of nitrogens with one attached hydrogen (secondary N) is 2. The smallest absolute Gasteiger partial charge is 0.395 e. The molecule has 2 aliphatic heterocycles. The van der Waals surface area contributed by atoms with Crippen LogP contribution in [0.2, 0.25) is 0 Å². The minimum atomic E-state index is -3.67. The molecule has 8 heteroatoms. The molecular formula is C28H31F2N3O3. The Morgan fingerprint density at radius 3 is 2.44 bits per heavy atom. The quantitative estimate of drug-likeness (QED) is 0.476. The molecule has 6 nitrogen and oxygen atoms in total. The number of carbonyl (C=O) groups excluding carboxylic acids is 1. The maximum atomic E-state index is 13.4. The maximum Gasteiger partial charge on any atom is 0.586 e. The SMILES string of the molecule is CC(C)(C)c1cc2cc(NC(=O)C3(c4ccc5c(c4)OC(F)(F)O5)CC3)ccc2n1C1CCNCC1. The lowest BCUT2D eigenvalue weighted by atomic mass is 9.91. The van der Waals surface area contributed by atoms with Crippen molar-refractivity contribution >= 4 is 22.5 Å². The van der Waals surface area contributed by atoms with Gasteiger partial charge in [-0.15, -0.1) is 8.78 Å². The highest BCUT2D eigenvalue weighted by Gasteiger charge is 2.52. The summed E-state index contributed by atoms with van der Waals surface area (Å²) in [7, 11) is 0. The first-order valence-corrected chi connectivity index (χ1v) is 12.6. The van der Waals surface area contributed by atoms with Gasteiger partial charge in [-0.1, -0.05) is 26.8 Å². The van der Waals surface area contributed by atoms with Crippen molar-refractivity contribution in [3.63, 3.8) is 0 Å². The van der Waals surface area contributed by atoms with E-state index in [2.05, 4.69) is 57.6 Å². The molecule has 0 atom stereocenters. The van der Waals surface area contributed by atoms with Crippen molar-refractivity contribution in [2.75, 3.05) is 18.4 Å². The average molecular weight is 496 g/mol. The first-order chi connectivity index (χ1) is 17.1. The molecule has 6 rings (SSSR count). The molecule has 0 spiro atoms. The van der Waals surface area contributed by atoms with Gasteiger partial charge in [-0.2, -0.15) is 0 Å². The highest BCUT2D eigenvalue weighted by atomic mass is 19.3. The van der Waals surface area contributed by atoms with E-state index in [1.54, 1.807) is 6.07 Å². The molecule has 3 aromatic rings. The molecule has 36 heavy (non-hydrogen) atoms. The fourth-order valence-corrected chi connectivity index (χ4v) is 5.62. The number of anilines is 1. The topological polar surface area (TPSA) is 64.5 Å². The summed E-state index contributed by atoms with van der Waals surface area (Å²) in [5.41, 5.74) is 3.11. The summed E-state index contributed by atoms with van der Waals surface area (Å²) in [6, 6.07) is 13.4. The second kappa shape index (κ2) is 7.93. The monoisotopic (exact) mass is 495 g/mol. The molecule has 190 valence electrons. The molecule has 0 bridgehead atoms. The van der Waals surface area contributed by atoms with E-state index < -0.39 is 11.7 Å². The number of hydrogen-bond donors (Lipinski definition) is 2. The molecule has 1 amide bonds. The van der Waals surface area contributed by atoms with E-state index in [4.69, 9.17) is 0 Å². The van der Waals surface area contributed by atoms with Crippen LogP contribution in [-0.4, -0.2) is 29.9 Å². The van der Waals surface area contributed by atoms with Crippen LogP contribution in [0.4, 0.5) is 14.5 Å². The number of halogens is 2. The number of fused-ring (bicyclic) bond motifs is 2. The van der Waals surface area contributed by atoms with Gasteiger partial charge in [-0.05, 0) is 80.7 Å². The van der Waals surface area contributed by atoms with Gasteiger partial charge in [0, 0.05) is 33.7 Å². The minimum absolute atomic E-state index is 0.0124. The number of nitrogens with zero attached hydrogens (tertiary/aromatic N) is 1. The first-order valence-electron chi connectivity index (χ1n) is 12.6. The normalized spacial score (nSPS) is 20.5. The molecule has 3 heterocycles. The number of piperidine rings is 1. The number of hydrogen-bond acceptors (Lipinski definition) is 4. The molecule has 2 N–H and O–H groups in total. The summed E-state index contributed by atoms with van der Waals surface area (Å²) >= 11 is 0. The van der Waals surface area contributed by atoms with Crippen LogP contribution in [0.5, 0.6) is 11.5 Å². The Labute approximate surface area is 209 Å². The predicted octanol–water partition coefficient (Wildman–Crippen LogP) is 5.86. The molecule has 3 aliphatic rings. The van der Waals surface area contributed by atoms with Crippen molar-refractivity contribution in [1.29, 1.82) is 0 Å². The van der Waals surface area contributed by atoms with Gasteiger partial charge < -0.3 is 24.7 Å². The van der Waals surface area contributed by atoms with Gasteiger partial charge in [-0.3, -0.25) is 4.79 Å². The van der Waals surface area contributed by atoms with Crippen molar-refractivity contribution < 1.29 is 23.0 Å². The number of alkyl halides is 2. The number of aromatic nitrogens is 1. The fraction of sp³-hybridized carbons (Fsp3) is 0.464. The third-order valence-electron chi connectivity index (χ3n) is 7.68. The summed E-state index contributed by atoms with van der Waals surface area (Å²) < 4.78 is 38.5. The lowest BCUT2D eigenvalue weighted by Gasteiger charge is -2.31. The number of amides is 1. The number of carbonyl (C=O) groups is 1. The Hall–Kier alpha value is -3.13. The molecule has 1 aliphatic carbocycles. The first kappa shape index (κ1) is 23.3. The van der Waals surface area contributed by atoms with Crippen LogP contribution in [-0.2, 0) is 15.6 Å². The third-order valence-corrected chi connectivity index (χ3v) is 7.68. The van der Waals surface area contributed by atoms with E-state index in [0.717, 1.165) is 37.0 Å².